The minimum Gasteiger partial charge on any atom is -0.375 e. The Morgan fingerprint density at radius 1 is 1.37 bits per heavy atom. The van der Waals surface area contributed by atoms with E-state index in [9.17, 15) is 4.79 Å². The molecule has 1 aromatic carbocycles. The predicted octanol–water partition coefficient (Wildman–Crippen LogP) is 3.06. The van der Waals surface area contributed by atoms with Crippen LogP contribution in [0, 0.1) is 13.8 Å². The lowest BCUT2D eigenvalue weighted by Crippen LogP contribution is -2.44. The number of carbonyl (C=O) groups excluding carboxylic acids is 1. The smallest absolute Gasteiger partial charge is 0.253 e. The minimum atomic E-state index is -0.127. The first-order valence-corrected chi connectivity index (χ1v) is 6.68. The Hall–Kier alpha value is -1.26. The van der Waals surface area contributed by atoms with Crippen molar-refractivity contribution in [2.75, 3.05) is 18.6 Å². The van der Waals surface area contributed by atoms with Gasteiger partial charge in [-0.2, -0.15) is 0 Å². The van der Waals surface area contributed by atoms with Gasteiger partial charge in [-0.05, 0) is 38.8 Å². The van der Waals surface area contributed by atoms with Gasteiger partial charge >= 0.3 is 0 Å². The lowest BCUT2D eigenvalue weighted by Gasteiger charge is -2.31. The van der Waals surface area contributed by atoms with Crippen LogP contribution in [0.15, 0.2) is 18.2 Å². The lowest BCUT2D eigenvalue weighted by molar-refractivity contribution is -0.122. The van der Waals surface area contributed by atoms with Gasteiger partial charge in [0.1, 0.15) is 6.61 Å². The number of hydrogen-bond acceptors (Lipinski definition) is 3. The van der Waals surface area contributed by atoms with Crippen LogP contribution >= 0.6 is 12.2 Å². The van der Waals surface area contributed by atoms with Gasteiger partial charge in [0, 0.05) is 12.0 Å². The fourth-order valence-corrected chi connectivity index (χ4v) is 2.20. The molecule has 0 spiro atoms. The standard InChI is InChI=1S/C15H21NO2S/c1-10-7-6-8-11(2)15(10)16(12(3)13(4)19)14(17)9-18-5/h6-8,12H,9H2,1-5H3. The molecule has 0 aliphatic carbocycles. The van der Waals surface area contributed by atoms with Gasteiger partial charge in [0.25, 0.3) is 5.91 Å². The summed E-state index contributed by atoms with van der Waals surface area (Å²) in [6.07, 6.45) is 0. The molecule has 0 aliphatic heterocycles. The van der Waals surface area contributed by atoms with Crippen LogP contribution < -0.4 is 4.90 Å². The summed E-state index contributed by atoms with van der Waals surface area (Å²) in [6, 6.07) is 5.86. The van der Waals surface area contributed by atoms with Crippen molar-refractivity contribution < 1.29 is 9.53 Å². The fourth-order valence-electron chi connectivity index (χ4n) is 2.09. The largest absolute Gasteiger partial charge is 0.375 e. The molecular weight excluding hydrogens is 258 g/mol. The first-order chi connectivity index (χ1) is 8.90. The number of amides is 1. The molecule has 0 bridgehead atoms. The van der Waals surface area contributed by atoms with Crippen molar-refractivity contribution >= 4 is 28.7 Å². The van der Waals surface area contributed by atoms with E-state index < -0.39 is 0 Å². The third kappa shape index (κ3) is 3.61. The molecule has 1 rings (SSSR count). The third-order valence-corrected chi connectivity index (χ3v) is 3.53. The van der Waals surface area contributed by atoms with Crippen LogP contribution in [-0.2, 0) is 9.53 Å². The molecule has 1 unspecified atom stereocenters. The van der Waals surface area contributed by atoms with Crippen LogP contribution in [0.4, 0.5) is 5.69 Å². The quantitative estimate of drug-likeness (QED) is 0.776. The van der Waals surface area contributed by atoms with Crippen LogP contribution in [0.1, 0.15) is 25.0 Å². The summed E-state index contributed by atoms with van der Waals surface area (Å²) in [4.78, 5) is 14.9. The number of para-hydroxylation sites is 1. The van der Waals surface area contributed by atoms with E-state index in [1.165, 1.54) is 7.11 Å². The highest BCUT2D eigenvalue weighted by Gasteiger charge is 2.25. The maximum absolute atomic E-state index is 12.3. The normalized spacial score (nSPS) is 12.1. The molecule has 19 heavy (non-hydrogen) atoms. The highest BCUT2D eigenvalue weighted by molar-refractivity contribution is 7.80. The molecule has 104 valence electrons. The van der Waals surface area contributed by atoms with Crippen LogP contribution in [0.2, 0.25) is 0 Å². The van der Waals surface area contributed by atoms with E-state index >= 15 is 0 Å². The van der Waals surface area contributed by atoms with Gasteiger partial charge in [-0.25, -0.2) is 0 Å². The number of anilines is 1. The molecule has 0 aromatic heterocycles. The van der Waals surface area contributed by atoms with Crippen molar-refractivity contribution in [3.63, 3.8) is 0 Å². The lowest BCUT2D eigenvalue weighted by atomic mass is 10.0. The number of ether oxygens (including phenoxy) is 1. The number of methoxy groups -OCH3 is 1. The van der Waals surface area contributed by atoms with E-state index in [0.29, 0.717) is 0 Å². The molecule has 1 atom stereocenters. The zero-order chi connectivity index (χ0) is 14.6. The molecule has 0 saturated heterocycles. The van der Waals surface area contributed by atoms with E-state index in [1.54, 1.807) is 4.90 Å². The van der Waals surface area contributed by atoms with E-state index in [1.807, 2.05) is 45.9 Å². The van der Waals surface area contributed by atoms with Gasteiger partial charge in [0.2, 0.25) is 0 Å². The number of aryl methyl sites for hydroxylation is 2. The number of benzene rings is 1. The third-order valence-electron chi connectivity index (χ3n) is 3.19. The number of rotatable bonds is 5. The second-order valence-corrected chi connectivity index (χ2v) is 5.37. The van der Waals surface area contributed by atoms with Gasteiger partial charge in [-0.15, -0.1) is 0 Å². The van der Waals surface area contributed by atoms with Crippen LogP contribution in [-0.4, -0.2) is 30.5 Å². The van der Waals surface area contributed by atoms with Crippen molar-refractivity contribution in [3.05, 3.63) is 29.3 Å². The topological polar surface area (TPSA) is 29.5 Å². The van der Waals surface area contributed by atoms with Crippen LogP contribution in [0.3, 0.4) is 0 Å². The Bertz CT molecular complexity index is 465. The van der Waals surface area contributed by atoms with Gasteiger partial charge in [0.15, 0.2) is 0 Å². The van der Waals surface area contributed by atoms with Crippen LogP contribution in [0.25, 0.3) is 0 Å². The molecule has 0 fully saturated rings. The van der Waals surface area contributed by atoms with Crippen molar-refractivity contribution in [2.24, 2.45) is 0 Å². The zero-order valence-electron chi connectivity index (χ0n) is 12.2. The number of nitrogens with zero attached hydrogens (tertiary/aromatic N) is 1. The monoisotopic (exact) mass is 279 g/mol. The summed E-state index contributed by atoms with van der Waals surface area (Å²) < 4.78 is 4.98. The SMILES string of the molecule is COCC(=O)N(c1c(C)cccc1C)C(C)C(C)=S. The van der Waals surface area contributed by atoms with Gasteiger partial charge in [-0.3, -0.25) is 4.79 Å². The first-order valence-electron chi connectivity index (χ1n) is 6.27. The molecule has 0 heterocycles. The van der Waals surface area contributed by atoms with Gasteiger partial charge in [0.05, 0.1) is 11.7 Å². The second kappa shape index (κ2) is 6.78. The first kappa shape index (κ1) is 15.8. The summed E-state index contributed by atoms with van der Waals surface area (Å²) in [5.74, 6) is -0.0726. The maximum Gasteiger partial charge on any atom is 0.253 e. The van der Waals surface area contributed by atoms with Crippen molar-refractivity contribution in [1.82, 2.24) is 0 Å². The summed E-state index contributed by atoms with van der Waals surface area (Å²) in [7, 11) is 1.52. The number of thiocarbonyl (C=S) groups is 1. The summed E-state index contributed by atoms with van der Waals surface area (Å²) in [5, 5.41) is 0. The highest BCUT2D eigenvalue weighted by atomic mass is 32.1. The molecule has 1 amide bonds. The minimum absolute atomic E-state index is 0.0563. The number of carbonyl (C=O) groups is 1. The van der Waals surface area contributed by atoms with E-state index in [4.69, 9.17) is 17.0 Å². The molecule has 3 nitrogen and oxygen atoms in total. The summed E-state index contributed by atoms with van der Waals surface area (Å²) in [5.41, 5.74) is 3.06. The molecule has 0 N–H and O–H groups in total. The summed E-state index contributed by atoms with van der Waals surface area (Å²) >= 11 is 5.25. The van der Waals surface area contributed by atoms with Crippen LogP contribution in [0.5, 0.6) is 0 Å². The van der Waals surface area contributed by atoms with Gasteiger partial charge in [-0.1, -0.05) is 30.4 Å². The molecule has 0 saturated carbocycles. The summed E-state index contributed by atoms with van der Waals surface area (Å²) in [6.45, 7) is 7.87. The Morgan fingerprint density at radius 3 is 2.32 bits per heavy atom. The van der Waals surface area contributed by atoms with E-state index in [2.05, 4.69) is 0 Å². The Labute approximate surface area is 120 Å². The van der Waals surface area contributed by atoms with E-state index in [-0.39, 0.29) is 18.6 Å². The Kier molecular flexibility index (Phi) is 5.63. The second-order valence-electron chi connectivity index (χ2n) is 4.72. The highest BCUT2D eigenvalue weighted by Crippen LogP contribution is 2.27. The van der Waals surface area contributed by atoms with E-state index in [0.717, 1.165) is 21.7 Å². The average molecular weight is 279 g/mol. The predicted molar refractivity (Wildman–Crippen MR) is 83.0 cm³/mol. The fraction of sp³-hybridized carbons (Fsp3) is 0.467. The maximum atomic E-state index is 12.3. The molecule has 4 heteroatoms. The zero-order valence-corrected chi connectivity index (χ0v) is 13.0. The van der Waals surface area contributed by atoms with Crippen molar-refractivity contribution in [1.29, 1.82) is 0 Å². The average Bonchev–Trinajstić information content (AvgIpc) is 2.33. The van der Waals surface area contributed by atoms with Crippen molar-refractivity contribution in [3.8, 4) is 0 Å². The van der Waals surface area contributed by atoms with Gasteiger partial charge < -0.3 is 9.64 Å². The molecular formula is C15H21NO2S. The molecule has 1 aromatic rings. The Morgan fingerprint density at radius 2 is 1.89 bits per heavy atom. The van der Waals surface area contributed by atoms with Crippen molar-refractivity contribution in [2.45, 2.75) is 33.7 Å². The Balaban J connectivity index is 3.31. The molecule has 0 radical (unpaired) electrons. The number of hydrogen-bond donors (Lipinski definition) is 0. The molecule has 0 aliphatic rings.